The van der Waals surface area contributed by atoms with Gasteiger partial charge in [0.25, 0.3) is 0 Å². The van der Waals surface area contributed by atoms with Gasteiger partial charge in [0.2, 0.25) is 0 Å². The fourth-order valence-electron chi connectivity index (χ4n) is 2.83. The fraction of sp³-hybridized carbons (Fsp3) is 0.0500. The third-order valence-electron chi connectivity index (χ3n) is 4.19. The van der Waals surface area contributed by atoms with Crippen molar-refractivity contribution in [3.8, 4) is 11.8 Å². The van der Waals surface area contributed by atoms with E-state index in [4.69, 9.17) is 22.1 Å². The number of nitriles is 1. The molecule has 0 aliphatic carbocycles. The normalized spacial score (nSPS) is 10.7. The molecule has 0 saturated heterocycles. The van der Waals surface area contributed by atoms with Crippen LogP contribution in [0.4, 0.5) is 17.1 Å². The van der Waals surface area contributed by atoms with Crippen LogP contribution >= 0.6 is 34.7 Å². The monoisotopic (exact) mass is 439 g/mol. The van der Waals surface area contributed by atoms with Crippen LogP contribution in [-0.2, 0) is 0 Å². The van der Waals surface area contributed by atoms with Gasteiger partial charge in [-0.05, 0) is 30.3 Å². The summed E-state index contributed by atoms with van der Waals surface area (Å²) in [5, 5.41) is 16.1. The molecule has 0 amide bonds. The fourth-order valence-corrected chi connectivity index (χ4v) is 4.71. The Morgan fingerprint density at radius 1 is 1.28 bits per heavy atom. The Labute approximate surface area is 180 Å². The molecule has 0 unspecified atom stereocenters. The standard InChI is InChI=1S/C20H14ClN5OS2/c1-27-15-4-3-13-18(11(9-22)10-25-19(13)17(15)23)26-12-2-5-16(14(21)8-12)29-20-24-6-7-28-20/h2-8,10H,23H2,1H3,(H,25,26). The van der Waals surface area contributed by atoms with Crippen LogP contribution in [0.2, 0.25) is 5.02 Å². The number of methoxy groups -OCH3 is 1. The molecule has 0 atom stereocenters. The molecular formula is C20H14ClN5OS2. The lowest BCUT2D eigenvalue weighted by Crippen LogP contribution is -2.00. The summed E-state index contributed by atoms with van der Waals surface area (Å²) < 4.78 is 6.19. The summed E-state index contributed by atoms with van der Waals surface area (Å²) in [4.78, 5) is 9.50. The molecule has 4 aromatic rings. The predicted molar refractivity (Wildman–Crippen MR) is 118 cm³/mol. The molecule has 0 bridgehead atoms. The quantitative estimate of drug-likeness (QED) is 0.385. The molecule has 0 saturated carbocycles. The number of thiazole rings is 1. The van der Waals surface area contributed by atoms with Crippen molar-refractivity contribution in [2.75, 3.05) is 18.2 Å². The summed E-state index contributed by atoms with van der Waals surface area (Å²) >= 11 is 9.53. The SMILES string of the molecule is COc1ccc2c(Nc3ccc(Sc4nccs4)c(Cl)c3)c(C#N)cnc2c1N. The van der Waals surface area contributed by atoms with Crippen LogP contribution < -0.4 is 15.8 Å². The Morgan fingerprint density at radius 3 is 2.83 bits per heavy atom. The average molecular weight is 440 g/mol. The smallest absolute Gasteiger partial charge is 0.154 e. The summed E-state index contributed by atoms with van der Waals surface area (Å²) in [6.45, 7) is 0. The van der Waals surface area contributed by atoms with Crippen LogP contribution in [0.25, 0.3) is 10.9 Å². The highest BCUT2D eigenvalue weighted by molar-refractivity contribution is 8.01. The van der Waals surface area contributed by atoms with Crippen molar-refractivity contribution in [1.82, 2.24) is 9.97 Å². The van der Waals surface area contributed by atoms with Crippen LogP contribution in [0.5, 0.6) is 5.75 Å². The van der Waals surface area contributed by atoms with Gasteiger partial charge in [0.05, 0.1) is 28.9 Å². The van der Waals surface area contributed by atoms with Crippen LogP contribution in [-0.4, -0.2) is 17.1 Å². The van der Waals surface area contributed by atoms with Gasteiger partial charge in [0.15, 0.2) is 4.34 Å². The number of nitrogen functional groups attached to an aromatic ring is 1. The first kappa shape index (κ1) is 19.3. The molecule has 0 radical (unpaired) electrons. The van der Waals surface area contributed by atoms with Crippen LogP contribution in [0.15, 0.2) is 57.3 Å². The highest BCUT2D eigenvalue weighted by Crippen LogP contribution is 2.38. The minimum atomic E-state index is 0.402. The number of nitrogens with zero attached hydrogens (tertiary/aromatic N) is 3. The first-order chi connectivity index (χ1) is 14.1. The molecule has 4 rings (SSSR count). The first-order valence-electron chi connectivity index (χ1n) is 8.40. The van der Waals surface area contributed by atoms with Gasteiger partial charge < -0.3 is 15.8 Å². The predicted octanol–water partition coefficient (Wildman–Crippen LogP) is 5.70. The Kier molecular flexibility index (Phi) is 5.45. The van der Waals surface area contributed by atoms with Crippen molar-refractivity contribution < 1.29 is 4.74 Å². The molecule has 29 heavy (non-hydrogen) atoms. The van der Waals surface area contributed by atoms with Crippen LogP contribution in [0.1, 0.15) is 5.56 Å². The van der Waals surface area contributed by atoms with Crippen molar-refractivity contribution in [2.45, 2.75) is 9.24 Å². The van der Waals surface area contributed by atoms with E-state index in [-0.39, 0.29) is 0 Å². The lowest BCUT2D eigenvalue weighted by molar-refractivity contribution is 0.417. The van der Waals surface area contributed by atoms with Gasteiger partial charge in [0.1, 0.15) is 17.5 Å². The van der Waals surface area contributed by atoms with Crippen LogP contribution in [0, 0.1) is 11.3 Å². The number of aromatic nitrogens is 2. The van der Waals surface area contributed by atoms with E-state index in [2.05, 4.69) is 21.4 Å². The Bertz CT molecular complexity index is 1240. The molecule has 6 nitrogen and oxygen atoms in total. The molecule has 2 aromatic carbocycles. The third kappa shape index (κ3) is 3.80. The highest BCUT2D eigenvalue weighted by Gasteiger charge is 2.14. The summed E-state index contributed by atoms with van der Waals surface area (Å²) in [5.41, 5.74) is 8.91. The molecule has 2 aromatic heterocycles. The zero-order chi connectivity index (χ0) is 20.4. The number of benzene rings is 2. The topological polar surface area (TPSA) is 96.8 Å². The highest BCUT2D eigenvalue weighted by atomic mass is 35.5. The Balaban J connectivity index is 1.73. The maximum Gasteiger partial charge on any atom is 0.154 e. The van der Waals surface area contributed by atoms with Gasteiger partial charge in [-0.25, -0.2) is 4.98 Å². The maximum atomic E-state index is 9.55. The van der Waals surface area contributed by atoms with Crippen molar-refractivity contribution in [3.05, 3.63) is 58.7 Å². The lowest BCUT2D eigenvalue weighted by Gasteiger charge is -2.14. The van der Waals surface area contributed by atoms with Crippen molar-refractivity contribution in [2.24, 2.45) is 0 Å². The van der Waals surface area contributed by atoms with Crippen molar-refractivity contribution in [3.63, 3.8) is 0 Å². The van der Waals surface area contributed by atoms with Gasteiger partial charge in [0, 0.05) is 33.7 Å². The van der Waals surface area contributed by atoms with E-state index < -0.39 is 0 Å². The summed E-state index contributed by atoms with van der Waals surface area (Å²) in [7, 11) is 1.55. The number of ether oxygens (including phenoxy) is 1. The number of anilines is 3. The van der Waals surface area contributed by atoms with E-state index in [9.17, 15) is 5.26 Å². The zero-order valence-corrected chi connectivity index (χ0v) is 17.5. The molecular weight excluding hydrogens is 426 g/mol. The molecule has 0 spiro atoms. The molecule has 3 N–H and O–H groups in total. The number of hydrogen-bond acceptors (Lipinski definition) is 8. The van der Waals surface area contributed by atoms with E-state index >= 15 is 0 Å². The second kappa shape index (κ2) is 8.17. The molecule has 0 aliphatic rings. The summed E-state index contributed by atoms with van der Waals surface area (Å²) in [6, 6.07) is 11.4. The van der Waals surface area contributed by atoms with Crippen LogP contribution in [0.3, 0.4) is 0 Å². The minimum absolute atomic E-state index is 0.402. The average Bonchev–Trinajstić information content (AvgIpc) is 3.24. The van der Waals surface area contributed by atoms with Gasteiger partial charge in [-0.3, -0.25) is 4.98 Å². The second-order valence-electron chi connectivity index (χ2n) is 5.91. The van der Waals surface area contributed by atoms with E-state index in [0.29, 0.717) is 33.2 Å². The number of halogens is 1. The molecule has 2 heterocycles. The minimum Gasteiger partial charge on any atom is -0.495 e. The number of nitrogens with one attached hydrogen (secondary N) is 1. The largest absolute Gasteiger partial charge is 0.495 e. The molecule has 9 heteroatoms. The number of rotatable bonds is 5. The van der Waals surface area contributed by atoms with Crippen molar-refractivity contribution >= 4 is 62.7 Å². The van der Waals surface area contributed by atoms with E-state index in [1.54, 1.807) is 30.7 Å². The maximum absolute atomic E-state index is 9.55. The number of hydrogen-bond donors (Lipinski definition) is 2. The Morgan fingerprint density at radius 2 is 2.14 bits per heavy atom. The third-order valence-corrected chi connectivity index (χ3v) is 6.57. The second-order valence-corrected chi connectivity index (χ2v) is 8.50. The summed E-state index contributed by atoms with van der Waals surface area (Å²) in [5.74, 6) is 0.535. The van der Waals surface area contributed by atoms with E-state index in [1.807, 2.05) is 29.6 Å². The molecule has 0 aliphatic heterocycles. The molecule has 144 valence electrons. The lowest BCUT2D eigenvalue weighted by atomic mass is 10.1. The van der Waals surface area contributed by atoms with Gasteiger partial charge in [-0.1, -0.05) is 23.4 Å². The van der Waals surface area contributed by atoms with Gasteiger partial charge in [-0.15, -0.1) is 11.3 Å². The zero-order valence-electron chi connectivity index (χ0n) is 15.1. The van der Waals surface area contributed by atoms with Crippen molar-refractivity contribution in [1.29, 1.82) is 5.26 Å². The van der Waals surface area contributed by atoms with Gasteiger partial charge >= 0.3 is 0 Å². The number of fused-ring (bicyclic) bond motifs is 1. The number of nitrogens with two attached hydrogens (primary N) is 1. The number of pyridine rings is 1. The van der Waals surface area contributed by atoms with E-state index in [1.165, 1.54) is 18.0 Å². The first-order valence-corrected chi connectivity index (χ1v) is 10.5. The van der Waals surface area contributed by atoms with Gasteiger partial charge in [-0.2, -0.15) is 5.26 Å². The summed E-state index contributed by atoms with van der Waals surface area (Å²) in [6.07, 6.45) is 3.25. The molecule has 0 fully saturated rings. The Hall–Kier alpha value is -2.99. The van der Waals surface area contributed by atoms with E-state index in [0.717, 1.165) is 20.3 Å².